The minimum Gasteiger partial charge on any atom is -0.379 e. The van der Waals surface area contributed by atoms with Crippen LogP contribution < -0.4 is 14.8 Å². The number of amides is 2. The third-order valence-electron chi connectivity index (χ3n) is 4.63. The van der Waals surface area contributed by atoms with Crippen LogP contribution in [0.2, 0.25) is 5.02 Å². The Labute approximate surface area is 216 Å². The van der Waals surface area contributed by atoms with E-state index in [2.05, 4.69) is 10.6 Å². The van der Waals surface area contributed by atoms with Crippen molar-refractivity contribution in [3.8, 4) is 11.8 Å². The average Bonchev–Trinajstić information content (AvgIpc) is 2.84. The zero-order chi connectivity index (χ0) is 27.2. The first-order chi connectivity index (χ1) is 17.5. The van der Waals surface area contributed by atoms with Crippen molar-refractivity contribution in [1.29, 1.82) is 5.26 Å². The molecule has 3 aromatic carbocycles. The molecule has 0 saturated carbocycles. The highest BCUT2D eigenvalue weighted by Gasteiger charge is 2.18. The zero-order valence-electron chi connectivity index (χ0n) is 19.0. The Hall–Kier alpha value is -4.73. The van der Waals surface area contributed by atoms with Gasteiger partial charge in [-0.1, -0.05) is 23.7 Å². The Bertz CT molecular complexity index is 1550. The van der Waals surface area contributed by atoms with E-state index in [0.717, 1.165) is 6.07 Å². The summed E-state index contributed by atoms with van der Waals surface area (Å²) in [4.78, 5) is 33.8. The summed E-state index contributed by atoms with van der Waals surface area (Å²) in [6.07, 6.45) is 1.24. The fourth-order valence-electron chi connectivity index (χ4n) is 2.93. The SMILES string of the molecule is CC(=O)Nc1ccc(S(=O)(=O)Oc2ccc(/C=C(\C#N)C(=O)Nc3cc([N+](=O)[O-])ccc3Cl)cc2)cc1. The molecule has 3 aromatic rings. The van der Waals surface area contributed by atoms with Crippen LogP contribution >= 0.6 is 11.6 Å². The van der Waals surface area contributed by atoms with E-state index < -0.39 is 20.9 Å². The molecule has 188 valence electrons. The number of non-ortho nitro benzene ring substituents is 1. The summed E-state index contributed by atoms with van der Waals surface area (Å²) >= 11 is 5.98. The Morgan fingerprint density at radius 2 is 1.70 bits per heavy atom. The predicted molar refractivity (Wildman–Crippen MR) is 135 cm³/mol. The van der Waals surface area contributed by atoms with Crippen molar-refractivity contribution in [2.24, 2.45) is 0 Å². The van der Waals surface area contributed by atoms with Gasteiger partial charge in [0, 0.05) is 24.7 Å². The number of nitriles is 1. The van der Waals surface area contributed by atoms with Gasteiger partial charge in [-0.15, -0.1) is 0 Å². The number of nitrogens with zero attached hydrogens (tertiary/aromatic N) is 2. The molecule has 0 aliphatic heterocycles. The van der Waals surface area contributed by atoms with Crippen molar-refractivity contribution in [2.45, 2.75) is 11.8 Å². The fraction of sp³-hybridized carbons (Fsp3) is 0.0417. The highest BCUT2D eigenvalue weighted by molar-refractivity contribution is 7.87. The van der Waals surface area contributed by atoms with E-state index in [0.29, 0.717) is 11.3 Å². The molecule has 0 fully saturated rings. The van der Waals surface area contributed by atoms with Gasteiger partial charge in [0.05, 0.1) is 15.6 Å². The standard InChI is InChI=1S/C24H17ClN4O7S/c1-15(30)27-18-4-9-21(10-5-18)37(34,35)36-20-7-2-16(3-8-20)12-17(14-26)24(31)28-23-13-19(29(32)33)6-11-22(23)25/h2-13H,1H3,(H,27,30)(H,28,31)/b17-12+. The van der Waals surface area contributed by atoms with Gasteiger partial charge in [0.15, 0.2) is 0 Å². The van der Waals surface area contributed by atoms with Crippen molar-refractivity contribution in [3.05, 3.63) is 93.0 Å². The third kappa shape index (κ3) is 7.14. The van der Waals surface area contributed by atoms with Gasteiger partial charge < -0.3 is 14.8 Å². The molecule has 0 bridgehead atoms. The monoisotopic (exact) mass is 540 g/mol. The fourth-order valence-corrected chi connectivity index (χ4v) is 4.03. The van der Waals surface area contributed by atoms with Crippen LogP contribution in [0.3, 0.4) is 0 Å². The second kappa shape index (κ2) is 11.3. The van der Waals surface area contributed by atoms with Crippen molar-refractivity contribution in [2.75, 3.05) is 10.6 Å². The lowest BCUT2D eigenvalue weighted by molar-refractivity contribution is -0.384. The number of nitrogens with one attached hydrogen (secondary N) is 2. The van der Waals surface area contributed by atoms with Crippen molar-refractivity contribution in [1.82, 2.24) is 0 Å². The van der Waals surface area contributed by atoms with Crippen molar-refractivity contribution in [3.63, 3.8) is 0 Å². The molecule has 0 atom stereocenters. The van der Waals surface area contributed by atoms with Crippen LogP contribution in [0.25, 0.3) is 6.08 Å². The summed E-state index contributed by atoms with van der Waals surface area (Å²) in [5, 5.41) is 25.3. The highest BCUT2D eigenvalue weighted by atomic mass is 35.5. The normalized spacial score (nSPS) is 11.2. The molecule has 2 N–H and O–H groups in total. The van der Waals surface area contributed by atoms with Gasteiger partial charge in [0.25, 0.3) is 11.6 Å². The van der Waals surface area contributed by atoms with E-state index >= 15 is 0 Å². The first-order valence-corrected chi connectivity index (χ1v) is 12.1. The van der Waals surface area contributed by atoms with E-state index in [1.54, 1.807) is 6.07 Å². The van der Waals surface area contributed by atoms with Crippen LogP contribution in [0.5, 0.6) is 5.75 Å². The zero-order valence-corrected chi connectivity index (χ0v) is 20.5. The number of carbonyl (C=O) groups excluding carboxylic acids is 2. The molecule has 0 radical (unpaired) electrons. The molecular formula is C24H17ClN4O7S. The minimum atomic E-state index is -4.17. The first-order valence-electron chi connectivity index (χ1n) is 10.3. The molecule has 0 aliphatic carbocycles. The maximum atomic E-state index is 12.5. The lowest BCUT2D eigenvalue weighted by Gasteiger charge is -2.09. The molecule has 0 saturated heterocycles. The number of rotatable bonds is 8. The maximum Gasteiger partial charge on any atom is 0.339 e. The van der Waals surface area contributed by atoms with Crippen molar-refractivity contribution < 1.29 is 27.1 Å². The summed E-state index contributed by atoms with van der Waals surface area (Å²) in [5.41, 5.74) is 0.134. The van der Waals surface area contributed by atoms with Crippen molar-refractivity contribution >= 4 is 56.7 Å². The van der Waals surface area contributed by atoms with Gasteiger partial charge in [0.2, 0.25) is 5.91 Å². The number of hydrogen-bond donors (Lipinski definition) is 2. The van der Waals surface area contributed by atoms with E-state index in [1.807, 2.05) is 0 Å². The number of hydrogen-bond acceptors (Lipinski definition) is 8. The Balaban J connectivity index is 1.73. The lowest BCUT2D eigenvalue weighted by Crippen LogP contribution is -2.14. The number of nitro benzene ring substituents is 1. The average molecular weight is 541 g/mol. The van der Waals surface area contributed by atoms with E-state index in [9.17, 15) is 33.4 Å². The first kappa shape index (κ1) is 26.9. The van der Waals surface area contributed by atoms with Gasteiger partial charge in [-0.2, -0.15) is 13.7 Å². The summed E-state index contributed by atoms with van der Waals surface area (Å²) in [7, 11) is -4.17. The highest BCUT2D eigenvalue weighted by Crippen LogP contribution is 2.27. The number of nitro groups is 1. The van der Waals surface area contributed by atoms with Gasteiger partial charge in [-0.25, -0.2) is 0 Å². The second-order valence-electron chi connectivity index (χ2n) is 7.36. The molecular weight excluding hydrogens is 524 g/mol. The number of benzene rings is 3. The number of halogens is 1. The van der Waals surface area contributed by atoms with Crippen LogP contribution in [0, 0.1) is 21.4 Å². The Morgan fingerprint density at radius 3 is 2.27 bits per heavy atom. The molecule has 2 amide bonds. The van der Waals surface area contributed by atoms with Gasteiger partial charge in [-0.3, -0.25) is 19.7 Å². The number of anilines is 2. The van der Waals surface area contributed by atoms with E-state index in [1.165, 1.54) is 73.7 Å². The molecule has 11 nitrogen and oxygen atoms in total. The van der Waals surface area contributed by atoms with Crippen LogP contribution in [0.15, 0.2) is 77.2 Å². The second-order valence-corrected chi connectivity index (χ2v) is 9.31. The van der Waals surface area contributed by atoms with E-state index in [-0.39, 0.29) is 38.5 Å². The van der Waals surface area contributed by atoms with Gasteiger partial charge in [-0.05, 0) is 54.1 Å². The molecule has 0 aliphatic rings. The van der Waals surface area contributed by atoms with E-state index in [4.69, 9.17) is 15.8 Å². The molecule has 3 rings (SSSR count). The topological polar surface area (TPSA) is 168 Å². The maximum absolute atomic E-state index is 12.5. The largest absolute Gasteiger partial charge is 0.379 e. The molecule has 0 unspecified atom stereocenters. The molecule has 0 spiro atoms. The predicted octanol–water partition coefficient (Wildman–Crippen LogP) is 4.52. The quantitative estimate of drug-likeness (QED) is 0.138. The molecule has 0 aromatic heterocycles. The van der Waals surface area contributed by atoms with Gasteiger partial charge in [0.1, 0.15) is 22.3 Å². The Morgan fingerprint density at radius 1 is 1.05 bits per heavy atom. The van der Waals surface area contributed by atoms with Crippen LogP contribution in [-0.4, -0.2) is 25.2 Å². The lowest BCUT2D eigenvalue weighted by atomic mass is 10.1. The summed E-state index contributed by atoms with van der Waals surface area (Å²) < 4.78 is 30.2. The molecule has 37 heavy (non-hydrogen) atoms. The van der Waals surface area contributed by atoms with Crippen LogP contribution in [0.1, 0.15) is 12.5 Å². The van der Waals surface area contributed by atoms with Gasteiger partial charge >= 0.3 is 10.1 Å². The summed E-state index contributed by atoms with van der Waals surface area (Å²) in [6.45, 7) is 1.32. The van der Waals surface area contributed by atoms with Crippen LogP contribution in [-0.2, 0) is 19.7 Å². The summed E-state index contributed by atoms with van der Waals surface area (Å²) in [6, 6.07) is 16.1. The Kier molecular flexibility index (Phi) is 8.23. The minimum absolute atomic E-state index is 0.0191. The molecule has 13 heteroatoms. The number of carbonyl (C=O) groups is 2. The molecule has 0 heterocycles. The van der Waals surface area contributed by atoms with Crippen LogP contribution in [0.4, 0.5) is 17.1 Å². The summed E-state index contributed by atoms with van der Waals surface area (Å²) in [5.74, 6) is -1.17. The third-order valence-corrected chi connectivity index (χ3v) is 6.23. The smallest absolute Gasteiger partial charge is 0.339 e.